The van der Waals surface area contributed by atoms with Gasteiger partial charge in [-0.3, -0.25) is 4.79 Å². The molecule has 4 heteroatoms. The molecule has 2 rings (SSSR count). The van der Waals surface area contributed by atoms with E-state index in [1.54, 1.807) is 6.07 Å². The highest BCUT2D eigenvalue weighted by Crippen LogP contribution is 2.38. The molecule has 0 spiro atoms. The molecular formula is C10H6O3S. The smallest absolute Gasteiger partial charge is 0.335 e. The van der Waals surface area contributed by atoms with Crippen molar-refractivity contribution < 1.29 is 14.7 Å². The number of hydrogen-bond donors (Lipinski definition) is 1. The second kappa shape index (κ2) is 2.99. The number of hydrogen-bond acceptors (Lipinski definition) is 3. The molecule has 0 radical (unpaired) electrons. The highest BCUT2D eigenvalue weighted by atomic mass is 32.2. The number of carbonyl (C=O) groups is 2. The van der Waals surface area contributed by atoms with Crippen molar-refractivity contribution >= 4 is 23.5 Å². The fraction of sp³-hybridized carbons (Fsp3) is 0. The van der Waals surface area contributed by atoms with E-state index in [2.05, 4.69) is 6.58 Å². The number of aromatic carboxylic acids is 1. The van der Waals surface area contributed by atoms with E-state index in [0.717, 1.165) is 4.90 Å². The number of carboxylic acid groups (broad SMARTS) is 1. The van der Waals surface area contributed by atoms with Crippen LogP contribution in [-0.4, -0.2) is 16.9 Å². The van der Waals surface area contributed by atoms with Gasteiger partial charge in [0.05, 0.1) is 10.5 Å². The maximum Gasteiger partial charge on any atom is 0.335 e. The lowest BCUT2D eigenvalue weighted by molar-refractivity contribution is 0.0697. The van der Waals surface area contributed by atoms with Crippen LogP contribution in [0, 0.1) is 0 Å². The van der Waals surface area contributed by atoms with Gasteiger partial charge in [-0.05, 0) is 18.2 Å². The molecule has 0 saturated heterocycles. The molecule has 1 aliphatic heterocycles. The summed E-state index contributed by atoms with van der Waals surface area (Å²) in [6.45, 7) is 3.59. The number of allylic oxidation sites excluding steroid dienone is 1. The van der Waals surface area contributed by atoms with Crippen molar-refractivity contribution in [3.8, 4) is 0 Å². The van der Waals surface area contributed by atoms with Gasteiger partial charge < -0.3 is 5.11 Å². The summed E-state index contributed by atoms with van der Waals surface area (Å²) in [7, 11) is 0. The molecule has 14 heavy (non-hydrogen) atoms. The Morgan fingerprint density at radius 1 is 1.43 bits per heavy atom. The van der Waals surface area contributed by atoms with Crippen LogP contribution < -0.4 is 0 Å². The van der Waals surface area contributed by atoms with Crippen molar-refractivity contribution in [2.24, 2.45) is 0 Å². The first kappa shape index (κ1) is 9.02. The Bertz CT molecular complexity index is 462. The zero-order valence-corrected chi connectivity index (χ0v) is 7.93. The molecule has 0 aromatic heterocycles. The number of Topliss-reactive ketones (excluding diaryl/α,β-unsaturated/α-hetero) is 1. The van der Waals surface area contributed by atoms with Crippen LogP contribution in [0.2, 0.25) is 0 Å². The van der Waals surface area contributed by atoms with E-state index in [0.29, 0.717) is 10.5 Å². The minimum absolute atomic E-state index is 0.132. The van der Waals surface area contributed by atoms with Gasteiger partial charge in [-0.15, -0.1) is 0 Å². The molecule has 1 N–H and O–H groups in total. The monoisotopic (exact) mass is 206 g/mol. The summed E-state index contributed by atoms with van der Waals surface area (Å²) in [5.41, 5.74) is 0.576. The summed E-state index contributed by atoms with van der Waals surface area (Å²) in [5.74, 6) is -1.20. The Balaban J connectivity index is 2.57. The van der Waals surface area contributed by atoms with Crippen molar-refractivity contribution in [3.05, 3.63) is 40.8 Å². The summed E-state index contributed by atoms with van der Waals surface area (Å²) in [5, 5.41) is 8.73. The fourth-order valence-corrected chi connectivity index (χ4v) is 2.12. The molecule has 1 heterocycles. The van der Waals surface area contributed by atoms with Gasteiger partial charge in [0.2, 0.25) is 0 Å². The quantitative estimate of drug-likeness (QED) is 0.715. The molecule has 0 aliphatic carbocycles. The zero-order valence-electron chi connectivity index (χ0n) is 7.11. The second-order valence-corrected chi connectivity index (χ2v) is 4.01. The summed E-state index contributed by atoms with van der Waals surface area (Å²) in [6.07, 6.45) is 0. The van der Waals surface area contributed by atoms with E-state index in [4.69, 9.17) is 5.11 Å². The number of rotatable bonds is 1. The summed E-state index contributed by atoms with van der Waals surface area (Å²) >= 11 is 1.28. The third-order valence-corrected chi connectivity index (χ3v) is 2.97. The van der Waals surface area contributed by atoms with Crippen molar-refractivity contribution in [2.45, 2.75) is 4.90 Å². The third-order valence-electron chi connectivity index (χ3n) is 1.96. The molecule has 70 valence electrons. The highest BCUT2D eigenvalue weighted by molar-refractivity contribution is 8.04. The molecule has 3 nitrogen and oxygen atoms in total. The van der Waals surface area contributed by atoms with Crippen molar-refractivity contribution in [1.82, 2.24) is 0 Å². The van der Waals surface area contributed by atoms with E-state index in [1.807, 2.05) is 0 Å². The van der Waals surface area contributed by atoms with E-state index in [9.17, 15) is 9.59 Å². The van der Waals surface area contributed by atoms with Crippen LogP contribution in [0.15, 0.2) is 34.6 Å². The molecule has 0 amide bonds. The number of benzene rings is 1. The van der Waals surface area contributed by atoms with Crippen LogP contribution in [0.25, 0.3) is 0 Å². The van der Waals surface area contributed by atoms with Crippen LogP contribution >= 0.6 is 11.8 Å². The standard InChI is InChI=1S/C10H6O3S/c1-5-9(11)7-4-6(10(12)13)2-3-8(7)14-5/h2-4H,1H2,(H,12,13). The Labute approximate surface area is 84.4 Å². The van der Waals surface area contributed by atoms with E-state index >= 15 is 0 Å². The average molecular weight is 206 g/mol. The number of fused-ring (bicyclic) bond motifs is 1. The van der Waals surface area contributed by atoms with Gasteiger partial charge in [-0.1, -0.05) is 18.3 Å². The number of carbonyl (C=O) groups excluding carboxylic acids is 1. The van der Waals surface area contributed by atoms with E-state index < -0.39 is 5.97 Å². The van der Waals surface area contributed by atoms with Gasteiger partial charge in [-0.2, -0.15) is 0 Å². The van der Waals surface area contributed by atoms with Crippen LogP contribution in [-0.2, 0) is 0 Å². The maximum absolute atomic E-state index is 11.5. The number of carboxylic acids is 1. The van der Waals surface area contributed by atoms with Crippen LogP contribution in [0.5, 0.6) is 0 Å². The molecule has 0 unspecified atom stereocenters. The van der Waals surface area contributed by atoms with Crippen LogP contribution in [0.1, 0.15) is 20.7 Å². The minimum Gasteiger partial charge on any atom is -0.478 e. The molecule has 0 fully saturated rings. The van der Waals surface area contributed by atoms with Crippen molar-refractivity contribution in [3.63, 3.8) is 0 Å². The fourth-order valence-electron chi connectivity index (χ4n) is 1.26. The molecular weight excluding hydrogens is 200 g/mol. The zero-order chi connectivity index (χ0) is 10.3. The lowest BCUT2D eigenvalue weighted by Crippen LogP contribution is -1.99. The first-order valence-electron chi connectivity index (χ1n) is 3.88. The van der Waals surface area contributed by atoms with Crippen LogP contribution in [0.4, 0.5) is 0 Å². The largest absolute Gasteiger partial charge is 0.478 e. The molecule has 0 bridgehead atoms. The Hall–Kier alpha value is -1.55. The Kier molecular flexibility index (Phi) is 1.93. The second-order valence-electron chi connectivity index (χ2n) is 2.87. The molecule has 1 aromatic rings. The Morgan fingerprint density at radius 2 is 2.14 bits per heavy atom. The van der Waals surface area contributed by atoms with E-state index in [1.165, 1.54) is 23.9 Å². The highest BCUT2D eigenvalue weighted by Gasteiger charge is 2.25. The summed E-state index contributed by atoms with van der Waals surface area (Å²) in [6, 6.07) is 4.52. The predicted molar refractivity (Wildman–Crippen MR) is 52.7 cm³/mol. The van der Waals surface area contributed by atoms with Crippen molar-refractivity contribution in [1.29, 1.82) is 0 Å². The van der Waals surface area contributed by atoms with Gasteiger partial charge in [0.25, 0.3) is 0 Å². The van der Waals surface area contributed by atoms with Gasteiger partial charge >= 0.3 is 5.97 Å². The normalized spacial score (nSPS) is 14.3. The predicted octanol–water partition coefficient (Wildman–Crippen LogP) is 2.19. The molecule has 0 atom stereocenters. The first-order chi connectivity index (χ1) is 6.59. The molecule has 0 saturated carbocycles. The first-order valence-corrected chi connectivity index (χ1v) is 4.70. The van der Waals surface area contributed by atoms with Gasteiger partial charge in [0.1, 0.15) is 0 Å². The lowest BCUT2D eigenvalue weighted by atomic mass is 10.1. The van der Waals surface area contributed by atoms with Gasteiger partial charge in [0, 0.05) is 10.5 Å². The third kappa shape index (κ3) is 1.24. The molecule has 1 aromatic carbocycles. The molecule has 1 aliphatic rings. The maximum atomic E-state index is 11.5. The lowest BCUT2D eigenvalue weighted by Gasteiger charge is -1.97. The van der Waals surface area contributed by atoms with Crippen LogP contribution in [0.3, 0.4) is 0 Å². The minimum atomic E-state index is -1.02. The summed E-state index contributed by atoms with van der Waals surface area (Å²) < 4.78 is 0. The number of ketones is 1. The van der Waals surface area contributed by atoms with Gasteiger partial charge in [0.15, 0.2) is 5.78 Å². The number of thioether (sulfide) groups is 1. The van der Waals surface area contributed by atoms with E-state index in [-0.39, 0.29) is 11.3 Å². The van der Waals surface area contributed by atoms with Crippen molar-refractivity contribution in [2.75, 3.05) is 0 Å². The summed E-state index contributed by atoms with van der Waals surface area (Å²) in [4.78, 5) is 23.3. The van der Waals surface area contributed by atoms with Gasteiger partial charge in [-0.25, -0.2) is 4.79 Å². The SMILES string of the molecule is C=C1Sc2ccc(C(=O)O)cc2C1=O. The Morgan fingerprint density at radius 3 is 2.79 bits per heavy atom. The average Bonchev–Trinajstić information content (AvgIpc) is 2.43. The topological polar surface area (TPSA) is 54.4 Å².